The van der Waals surface area contributed by atoms with Crippen LogP contribution in [0.25, 0.3) is 10.6 Å². The summed E-state index contributed by atoms with van der Waals surface area (Å²) in [5, 5.41) is 16.8. The third-order valence-corrected chi connectivity index (χ3v) is 5.11. The number of rotatable bonds is 7. The first-order valence-corrected chi connectivity index (χ1v) is 9.95. The average Bonchev–Trinajstić information content (AvgIpc) is 3.36. The zero-order valence-corrected chi connectivity index (χ0v) is 17.1. The van der Waals surface area contributed by atoms with Crippen molar-refractivity contribution in [2.24, 2.45) is 0 Å². The van der Waals surface area contributed by atoms with Crippen molar-refractivity contribution in [3.8, 4) is 10.6 Å². The highest BCUT2D eigenvalue weighted by Gasteiger charge is 2.13. The van der Waals surface area contributed by atoms with Crippen molar-refractivity contribution in [2.45, 2.75) is 0 Å². The quantitative estimate of drug-likeness (QED) is 0.441. The van der Waals surface area contributed by atoms with E-state index in [0.717, 1.165) is 10.6 Å². The van der Waals surface area contributed by atoms with E-state index in [1.807, 2.05) is 17.5 Å². The first kappa shape index (κ1) is 20.8. The molecule has 0 bridgehead atoms. The summed E-state index contributed by atoms with van der Waals surface area (Å²) in [7, 11) is 0. The summed E-state index contributed by atoms with van der Waals surface area (Å²) in [6.45, 7) is -0.576. The van der Waals surface area contributed by atoms with Gasteiger partial charge >= 0.3 is 0 Å². The number of thiophene rings is 1. The predicted molar refractivity (Wildman–Crippen MR) is 112 cm³/mol. The summed E-state index contributed by atoms with van der Waals surface area (Å²) >= 11 is 13.3. The summed E-state index contributed by atoms with van der Waals surface area (Å²) in [4.78, 5) is 36.8. The van der Waals surface area contributed by atoms with Crippen molar-refractivity contribution < 1.29 is 14.4 Å². The van der Waals surface area contributed by atoms with Gasteiger partial charge in [0.25, 0.3) is 5.91 Å². The Hall–Kier alpha value is -2.88. The maximum absolute atomic E-state index is 12.1. The van der Waals surface area contributed by atoms with Gasteiger partial charge in [0.1, 0.15) is 0 Å². The van der Waals surface area contributed by atoms with Crippen molar-refractivity contribution in [2.75, 3.05) is 18.4 Å². The number of nitrogens with zero attached hydrogens (tertiary/aromatic N) is 1. The van der Waals surface area contributed by atoms with Gasteiger partial charge in [-0.3, -0.25) is 19.5 Å². The number of anilines is 1. The highest BCUT2D eigenvalue weighted by atomic mass is 35.5. The molecule has 0 saturated heterocycles. The zero-order valence-electron chi connectivity index (χ0n) is 14.8. The maximum Gasteiger partial charge on any atom is 0.253 e. The van der Waals surface area contributed by atoms with E-state index < -0.39 is 17.7 Å². The van der Waals surface area contributed by atoms with Gasteiger partial charge in [-0.05, 0) is 29.6 Å². The zero-order chi connectivity index (χ0) is 20.8. The molecule has 0 fully saturated rings. The van der Waals surface area contributed by atoms with E-state index in [4.69, 9.17) is 23.2 Å². The van der Waals surface area contributed by atoms with Crippen LogP contribution in [-0.4, -0.2) is 41.0 Å². The Morgan fingerprint density at radius 2 is 1.83 bits per heavy atom. The van der Waals surface area contributed by atoms with Crippen LogP contribution in [0.2, 0.25) is 10.0 Å². The summed E-state index contributed by atoms with van der Waals surface area (Å²) in [6, 6.07) is 9.94. The van der Waals surface area contributed by atoms with Crippen LogP contribution < -0.4 is 16.0 Å². The molecule has 0 unspecified atom stereocenters. The molecule has 150 valence electrons. The van der Waals surface area contributed by atoms with Gasteiger partial charge in [0, 0.05) is 11.1 Å². The van der Waals surface area contributed by atoms with Gasteiger partial charge in [0.05, 0.1) is 34.2 Å². The minimum atomic E-state index is -0.528. The number of hydrogen-bond acceptors (Lipinski definition) is 5. The highest BCUT2D eigenvalue weighted by molar-refractivity contribution is 7.13. The smallest absolute Gasteiger partial charge is 0.253 e. The van der Waals surface area contributed by atoms with Crippen LogP contribution in [0.15, 0.2) is 41.8 Å². The molecule has 0 radical (unpaired) electrons. The molecule has 0 aliphatic rings. The number of carbonyl (C=O) groups excluding carboxylic acids is 3. The van der Waals surface area contributed by atoms with Crippen LogP contribution in [0.5, 0.6) is 0 Å². The second-order valence-corrected chi connectivity index (χ2v) is 7.57. The van der Waals surface area contributed by atoms with Crippen molar-refractivity contribution in [3.63, 3.8) is 0 Å². The number of benzene rings is 1. The van der Waals surface area contributed by atoms with Gasteiger partial charge in [0.2, 0.25) is 11.8 Å². The van der Waals surface area contributed by atoms with Gasteiger partial charge in [-0.2, -0.15) is 5.10 Å². The van der Waals surface area contributed by atoms with Crippen LogP contribution in [0.3, 0.4) is 0 Å². The molecule has 0 atom stereocenters. The third kappa shape index (κ3) is 5.80. The standard InChI is InChI=1S/C18H15Cl2N5O3S/c19-10-3-4-11(12(20)6-10)18(28)22-8-16(26)21-9-17(27)23-15-7-13(24-25-15)14-2-1-5-29-14/h1-7H,8-9H2,(H,21,26)(H,22,28)(H2,23,24,25,27). The number of halogens is 2. The number of carbonyl (C=O) groups is 3. The molecule has 0 aliphatic carbocycles. The SMILES string of the molecule is O=C(CNC(=O)c1ccc(Cl)cc1Cl)NCC(=O)Nc1cc(-c2cccs2)[nH]n1. The predicted octanol–water partition coefficient (Wildman–Crippen LogP) is 2.93. The van der Waals surface area contributed by atoms with Gasteiger partial charge in [-0.1, -0.05) is 29.3 Å². The van der Waals surface area contributed by atoms with Crippen LogP contribution >= 0.6 is 34.5 Å². The van der Waals surface area contributed by atoms with Crippen LogP contribution in [0.1, 0.15) is 10.4 Å². The van der Waals surface area contributed by atoms with Gasteiger partial charge in [0.15, 0.2) is 5.82 Å². The highest BCUT2D eigenvalue weighted by Crippen LogP contribution is 2.24. The second-order valence-electron chi connectivity index (χ2n) is 5.78. The van der Waals surface area contributed by atoms with E-state index in [1.165, 1.54) is 29.5 Å². The molecule has 2 heterocycles. The fourth-order valence-corrected chi connectivity index (χ4v) is 3.49. The molecule has 3 aromatic rings. The molecule has 0 saturated carbocycles. The maximum atomic E-state index is 12.1. The minimum absolute atomic E-state index is 0.177. The van der Waals surface area contributed by atoms with E-state index in [2.05, 4.69) is 26.1 Å². The number of aromatic nitrogens is 2. The normalized spacial score (nSPS) is 10.4. The van der Waals surface area contributed by atoms with Gasteiger partial charge < -0.3 is 16.0 Å². The van der Waals surface area contributed by atoms with E-state index >= 15 is 0 Å². The number of H-pyrrole nitrogens is 1. The van der Waals surface area contributed by atoms with Crippen LogP contribution in [0, 0.1) is 0 Å². The summed E-state index contributed by atoms with van der Waals surface area (Å²) < 4.78 is 0. The molecule has 3 rings (SSSR count). The molecule has 4 N–H and O–H groups in total. The molecule has 3 amide bonds. The molecule has 1 aromatic carbocycles. The molecule has 0 aliphatic heterocycles. The molecule has 11 heteroatoms. The Kier molecular flexibility index (Phi) is 6.86. The van der Waals surface area contributed by atoms with Crippen molar-refractivity contribution in [1.82, 2.24) is 20.8 Å². The van der Waals surface area contributed by atoms with Crippen LogP contribution in [0.4, 0.5) is 5.82 Å². The first-order chi connectivity index (χ1) is 13.9. The average molecular weight is 452 g/mol. The van der Waals surface area contributed by atoms with Crippen molar-refractivity contribution in [1.29, 1.82) is 0 Å². The minimum Gasteiger partial charge on any atom is -0.345 e. The summed E-state index contributed by atoms with van der Waals surface area (Å²) in [5.74, 6) is -1.16. The van der Waals surface area contributed by atoms with Crippen molar-refractivity contribution in [3.05, 3.63) is 57.4 Å². The molecular weight excluding hydrogens is 437 g/mol. The molecule has 0 spiro atoms. The lowest BCUT2D eigenvalue weighted by atomic mass is 10.2. The Labute approximate surface area is 179 Å². The monoisotopic (exact) mass is 451 g/mol. The number of aromatic amines is 1. The molecular formula is C18H15Cl2N5O3S. The third-order valence-electron chi connectivity index (χ3n) is 3.66. The lowest BCUT2D eigenvalue weighted by Gasteiger charge is -2.08. The molecule has 8 nitrogen and oxygen atoms in total. The number of hydrogen-bond donors (Lipinski definition) is 4. The molecule has 29 heavy (non-hydrogen) atoms. The topological polar surface area (TPSA) is 116 Å². The van der Waals surface area contributed by atoms with E-state index in [1.54, 1.807) is 6.07 Å². The van der Waals surface area contributed by atoms with E-state index in [9.17, 15) is 14.4 Å². The summed E-state index contributed by atoms with van der Waals surface area (Å²) in [6.07, 6.45) is 0. The van der Waals surface area contributed by atoms with E-state index in [-0.39, 0.29) is 23.7 Å². The lowest BCUT2D eigenvalue weighted by Crippen LogP contribution is -2.40. The first-order valence-electron chi connectivity index (χ1n) is 8.31. The Bertz CT molecular complexity index is 1040. The lowest BCUT2D eigenvalue weighted by molar-refractivity contribution is -0.123. The van der Waals surface area contributed by atoms with Crippen molar-refractivity contribution >= 4 is 58.1 Å². The molecule has 2 aromatic heterocycles. The van der Waals surface area contributed by atoms with Gasteiger partial charge in [-0.15, -0.1) is 11.3 Å². The fraction of sp³-hybridized carbons (Fsp3) is 0.111. The Balaban J connectivity index is 1.42. The largest absolute Gasteiger partial charge is 0.345 e. The fourth-order valence-electron chi connectivity index (χ4n) is 2.30. The Morgan fingerprint density at radius 3 is 2.55 bits per heavy atom. The number of nitrogens with one attached hydrogen (secondary N) is 4. The van der Waals surface area contributed by atoms with Gasteiger partial charge in [-0.25, -0.2) is 0 Å². The Morgan fingerprint density at radius 1 is 1.03 bits per heavy atom. The summed E-state index contributed by atoms with van der Waals surface area (Å²) in [5.41, 5.74) is 0.976. The van der Waals surface area contributed by atoms with Crippen LogP contribution in [-0.2, 0) is 9.59 Å². The number of amides is 3. The second kappa shape index (κ2) is 9.55. The van der Waals surface area contributed by atoms with E-state index in [0.29, 0.717) is 10.8 Å².